The number of rotatable bonds is 6. The lowest BCUT2D eigenvalue weighted by molar-refractivity contribution is -0.143. The van der Waals surface area contributed by atoms with E-state index >= 15 is 0 Å². The Morgan fingerprint density at radius 3 is 2.33 bits per heavy atom. The standard InChI is InChI=1S/C25H21F6N7OS/c26-24(27,28)15-8-14(9-16(10-15)25(29,30)31)19-12-40-23(35-19)34-17-5-3-13(4-6-17)21-36-20(39-37-21)11-18-2-1-7-38(18)22(32)33/h3-6,8-10,12,18H,1-2,7,11H2,(H3,32,33)(H,34,35)/t18-/m0/s1. The molecule has 1 aliphatic rings. The zero-order valence-electron chi connectivity index (χ0n) is 20.5. The minimum atomic E-state index is -4.94. The summed E-state index contributed by atoms with van der Waals surface area (Å²) in [6.07, 6.45) is -7.63. The van der Waals surface area contributed by atoms with Gasteiger partial charge in [0.15, 0.2) is 11.1 Å². The van der Waals surface area contributed by atoms with Crippen LogP contribution in [-0.2, 0) is 18.8 Å². The number of thiazole rings is 1. The van der Waals surface area contributed by atoms with Crippen LogP contribution in [-0.4, -0.2) is 38.6 Å². The summed E-state index contributed by atoms with van der Waals surface area (Å²) in [6, 6.07) is 8.25. The molecule has 0 saturated carbocycles. The number of halogens is 6. The first-order valence-corrected chi connectivity index (χ1v) is 12.8. The van der Waals surface area contributed by atoms with Crippen molar-refractivity contribution < 1.29 is 30.9 Å². The third-order valence-electron chi connectivity index (χ3n) is 6.35. The van der Waals surface area contributed by atoms with E-state index in [1.165, 1.54) is 5.38 Å². The van der Waals surface area contributed by atoms with E-state index in [1.54, 1.807) is 29.2 Å². The predicted octanol–water partition coefficient (Wildman–Crippen LogP) is 6.54. The van der Waals surface area contributed by atoms with Gasteiger partial charge in [0.1, 0.15) is 0 Å². The molecule has 4 aromatic rings. The quantitative estimate of drug-likeness (QED) is 0.134. The summed E-state index contributed by atoms with van der Waals surface area (Å²) in [7, 11) is 0. The average molecular weight is 582 g/mol. The van der Waals surface area contributed by atoms with Crippen LogP contribution >= 0.6 is 11.3 Å². The molecule has 0 radical (unpaired) electrons. The highest BCUT2D eigenvalue weighted by atomic mass is 32.1. The van der Waals surface area contributed by atoms with Crippen molar-refractivity contribution in [2.75, 3.05) is 11.9 Å². The molecule has 15 heteroatoms. The van der Waals surface area contributed by atoms with Crippen molar-refractivity contribution in [3.05, 3.63) is 64.9 Å². The summed E-state index contributed by atoms with van der Waals surface area (Å²) in [5, 5.41) is 16.3. The van der Waals surface area contributed by atoms with E-state index < -0.39 is 23.5 Å². The van der Waals surface area contributed by atoms with E-state index in [9.17, 15) is 26.3 Å². The highest BCUT2D eigenvalue weighted by Gasteiger charge is 2.37. The summed E-state index contributed by atoms with van der Waals surface area (Å²) in [6.45, 7) is 0.713. The first-order valence-electron chi connectivity index (χ1n) is 11.9. The molecule has 40 heavy (non-hydrogen) atoms. The largest absolute Gasteiger partial charge is 0.416 e. The van der Waals surface area contributed by atoms with Gasteiger partial charge in [0.05, 0.1) is 16.8 Å². The smallest absolute Gasteiger partial charge is 0.370 e. The number of alkyl halides is 6. The first-order chi connectivity index (χ1) is 18.9. The molecule has 8 nitrogen and oxygen atoms in total. The fourth-order valence-electron chi connectivity index (χ4n) is 4.41. The molecular formula is C25H21F6N7OS. The predicted molar refractivity (Wildman–Crippen MR) is 136 cm³/mol. The Morgan fingerprint density at radius 1 is 1.02 bits per heavy atom. The Kier molecular flexibility index (Phi) is 7.16. The Labute approximate surface area is 227 Å². The number of aromatic nitrogens is 3. The van der Waals surface area contributed by atoms with Crippen LogP contribution < -0.4 is 11.1 Å². The van der Waals surface area contributed by atoms with Crippen molar-refractivity contribution in [3.8, 4) is 22.6 Å². The molecule has 5 rings (SSSR count). The second-order valence-electron chi connectivity index (χ2n) is 9.13. The molecule has 0 unspecified atom stereocenters. The molecular weight excluding hydrogens is 560 g/mol. The van der Waals surface area contributed by atoms with Crippen LogP contribution in [0.5, 0.6) is 0 Å². The lowest BCUT2D eigenvalue weighted by Crippen LogP contribution is -2.41. The van der Waals surface area contributed by atoms with Crippen molar-refractivity contribution in [3.63, 3.8) is 0 Å². The van der Waals surface area contributed by atoms with E-state index in [2.05, 4.69) is 20.4 Å². The molecule has 210 valence electrons. The van der Waals surface area contributed by atoms with E-state index in [0.717, 1.165) is 24.2 Å². The van der Waals surface area contributed by atoms with Crippen molar-refractivity contribution in [1.29, 1.82) is 5.41 Å². The zero-order valence-corrected chi connectivity index (χ0v) is 21.3. The Morgan fingerprint density at radius 2 is 1.70 bits per heavy atom. The van der Waals surface area contributed by atoms with Crippen molar-refractivity contribution in [2.24, 2.45) is 5.73 Å². The minimum absolute atomic E-state index is 0.0126. The van der Waals surface area contributed by atoms with Crippen molar-refractivity contribution in [1.82, 2.24) is 20.0 Å². The molecule has 4 N–H and O–H groups in total. The maximum atomic E-state index is 13.2. The summed E-state index contributed by atoms with van der Waals surface area (Å²) in [5.41, 5.74) is 3.76. The second-order valence-corrected chi connectivity index (χ2v) is 9.98. The topological polar surface area (TPSA) is 117 Å². The van der Waals surface area contributed by atoms with Gasteiger partial charge >= 0.3 is 12.4 Å². The van der Waals surface area contributed by atoms with Crippen molar-refractivity contribution in [2.45, 2.75) is 37.7 Å². The van der Waals surface area contributed by atoms with Crippen LogP contribution in [0.3, 0.4) is 0 Å². The molecule has 1 atom stereocenters. The number of benzene rings is 2. The van der Waals surface area contributed by atoms with Crippen LogP contribution in [0.25, 0.3) is 22.6 Å². The second kappa shape index (κ2) is 10.4. The van der Waals surface area contributed by atoms with Gasteiger partial charge in [0, 0.05) is 41.2 Å². The summed E-state index contributed by atoms with van der Waals surface area (Å²) in [5.74, 6) is 0.808. The van der Waals surface area contributed by atoms with Crippen LogP contribution in [0.2, 0.25) is 0 Å². The van der Waals surface area contributed by atoms with Gasteiger partial charge in [0.2, 0.25) is 11.7 Å². The Bertz CT molecular complexity index is 1480. The number of nitrogens with two attached hydrogens (primary N) is 1. The molecule has 0 spiro atoms. The molecule has 2 aromatic carbocycles. The van der Waals surface area contributed by atoms with Gasteiger partial charge in [-0.25, -0.2) is 4.98 Å². The molecule has 1 aliphatic heterocycles. The molecule has 0 bridgehead atoms. The van der Waals surface area contributed by atoms with Gasteiger partial charge < -0.3 is 20.5 Å². The van der Waals surface area contributed by atoms with Gasteiger partial charge in [0.25, 0.3) is 0 Å². The van der Waals surface area contributed by atoms with E-state index in [0.29, 0.717) is 48.1 Å². The van der Waals surface area contributed by atoms with Gasteiger partial charge in [-0.15, -0.1) is 11.3 Å². The Hall–Kier alpha value is -4.14. The third kappa shape index (κ3) is 6.03. The number of hydrogen-bond donors (Lipinski definition) is 3. The molecule has 1 saturated heterocycles. The number of anilines is 2. The summed E-state index contributed by atoms with van der Waals surface area (Å²) < 4.78 is 84.6. The van der Waals surface area contributed by atoms with E-state index in [-0.39, 0.29) is 34.5 Å². The van der Waals surface area contributed by atoms with Gasteiger partial charge in [-0.2, -0.15) is 31.3 Å². The average Bonchev–Trinajstić information content (AvgIpc) is 3.65. The van der Waals surface area contributed by atoms with E-state index in [1.807, 2.05) is 0 Å². The first kappa shape index (κ1) is 27.4. The molecule has 0 amide bonds. The SMILES string of the molecule is N=C(N)N1CCC[C@H]1Cc1nc(-c2ccc(Nc3nc(-c4cc(C(F)(F)F)cc(C(F)(F)F)c4)cs3)cc2)no1. The number of likely N-dealkylation sites (tertiary alicyclic amines) is 1. The number of nitrogens with zero attached hydrogens (tertiary/aromatic N) is 4. The molecule has 3 heterocycles. The number of guanidine groups is 1. The van der Waals surface area contributed by atoms with Gasteiger partial charge in [-0.3, -0.25) is 5.41 Å². The maximum absolute atomic E-state index is 13.2. The van der Waals surface area contributed by atoms with Crippen LogP contribution in [0.4, 0.5) is 37.2 Å². The monoisotopic (exact) mass is 581 g/mol. The minimum Gasteiger partial charge on any atom is -0.370 e. The fraction of sp³-hybridized carbons (Fsp3) is 0.280. The highest BCUT2D eigenvalue weighted by molar-refractivity contribution is 7.14. The molecule has 0 aliphatic carbocycles. The van der Waals surface area contributed by atoms with Crippen LogP contribution in [0.15, 0.2) is 52.4 Å². The maximum Gasteiger partial charge on any atom is 0.416 e. The summed E-state index contributed by atoms with van der Waals surface area (Å²) >= 11 is 1.03. The third-order valence-corrected chi connectivity index (χ3v) is 7.10. The lowest BCUT2D eigenvalue weighted by atomic mass is 10.0. The van der Waals surface area contributed by atoms with Gasteiger partial charge in [-0.1, -0.05) is 5.16 Å². The van der Waals surface area contributed by atoms with Crippen LogP contribution in [0.1, 0.15) is 29.9 Å². The number of hydrogen-bond acceptors (Lipinski definition) is 7. The molecule has 1 fully saturated rings. The Balaban J connectivity index is 1.28. The van der Waals surface area contributed by atoms with Gasteiger partial charge in [-0.05, 0) is 55.3 Å². The van der Waals surface area contributed by atoms with E-state index in [4.69, 9.17) is 15.7 Å². The molecule has 2 aromatic heterocycles. The zero-order chi connectivity index (χ0) is 28.7. The fourth-order valence-corrected chi connectivity index (χ4v) is 5.15. The summed E-state index contributed by atoms with van der Waals surface area (Å²) in [4.78, 5) is 10.4. The van der Waals surface area contributed by atoms with Crippen LogP contribution in [0, 0.1) is 5.41 Å². The normalized spacial score (nSPS) is 15.9. The number of nitrogens with one attached hydrogen (secondary N) is 2. The lowest BCUT2D eigenvalue weighted by Gasteiger charge is -2.23. The highest BCUT2D eigenvalue weighted by Crippen LogP contribution is 2.39. The van der Waals surface area contributed by atoms with Crippen molar-refractivity contribution >= 4 is 28.1 Å².